The van der Waals surface area contributed by atoms with Crippen molar-refractivity contribution in [2.75, 3.05) is 19.8 Å². The lowest BCUT2D eigenvalue weighted by Gasteiger charge is -2.28. The number of rotatable bonds is 11. The van der Waals surface area contributed by atoms with Crippen molar-refractivity contribution in [3.8, 4) is 0 Å². The Kier molecular flexibility index (Phi) is 7.87. The van der Waals surface area contributed by atoms with Crippen LogP contribution in [-0.2, 0) is 14.3 Å². The van der Waals surface area contributed by atoms with E-state index in [1.807, 2.05) is 13.0 Å². The van der Waals surface area contributed by atoms with E-state index in [0.29, 0.717) is 26.1 Å². The fourth-order valence-corrected chi connectivity index (χ4v) is 4.12. The summed E-state index contributed by atoms with van der Waals surface area (Å²) in [5.74, 6) is -0.553. The van der Waals surface area contributed by atoms with Gasteiger partial charge in [-0.3, -0.25) is 4.79 Å². The average molecular weight is 356 g/mol. The van der Waals surface area contributed by atoms with Crippen LogP contribution >= 0.6 is 0 Å². The van der Waals surface area contributed by atoms with Crippen LogP contribution in [0.15, 0.2) is 12.2 Å². The van der Waals surface area contributed by atoms with Crippen molar-refractivity contribution in [1.29, 1.82) is 0 Å². The minimum atomic E-state index is -0.808. The molecule has 2 aliphatic rings. The third-order valence-corrected chi connectivity index (χ3v) is 5.37. The van der Waals surface area contributed by atoms with E-state index in [-0.39, 0.29) is 31.0 Å². The summed E-state index contributed by atoms with van der Waals surface area (Å²) in [6, 6.07) is 0. The Morgan fingerprint density at radius 3 is 2.88 bits per heavy atom. The smallest absolute Gasteiger partial charge is 0.303 e. The maximum atomic E-state index is 11.1. The molecule has 0 bridgehead atoms. The molecule has 25 heavy (non-hydrogen) atoms. The molecule has 0 aromatic heterocycles. The summed E-state index contributed by atoms with van der Waals surface area (Å²) < 4.78 is 11.1. The molecule has 2 aliphatic carbocycles. The lowest BCUT2D eigenvalue weighted by molar-refractivity contribution is -0.137. The Labute approximate surface area is 149 Å². The van der Waals surface area contributed by atoms with Crippen LogP contribution in [0.3, 0.4) is 0 Å². The molecular formula is C19H32O6. The number of carbonyl (C=O) groups is 1. The van der Waals surface area contributed by atoms with Crippen molar-refractivity contribution in [1.82, 2.24) is 0 Å². The summed E-state index contributed by atoms with van der Waals surface area (Å²) >= 11 is 0. The highest BCUT2D eigenvalue weighted by molar-refractivity contribution is 5.66. The Bertz CT molecular complexity index is 451. The highest BCUT2D eigenvalue weighted by Crippen LogP contribution is 2.52. The van der Waals surface area contributed by atoms with E-state index in [0.717, 1.165) is 25.7 Å². The Morgan fingerprint density at radius 2 is 2.16 bits per heavy atom. The van der Waals surface area contributed by atoms with Crippen LogP contribution in [0.4, 0.5) is 0 Å². The summed E-state index contributed by atoms with van der Waals surface area (Å²) in [5, 5.41) is 29.7. The molecule has 0 amide bonds. The molecule has 2 rings (SSSR count). The van der Waals surface area contributed by atoms with Gasteiger partial charge in [-0.2, -0.15) is 0 Å². The molecule has 3 N–H and O–H groups in total. The van der Waals surface area contributed by atoms with E-state index >= 15 is 0 Å². The topological polar surface area (TPSA) is 96.2 Å². The molecule has 0 aliphatic heterocycles. The first-order valence-electron chi connectivity index (χ1n) is 9.45. The molecule has 144 valence electrons. The summed E-state index contributed by atoms with van der Waals surface area (Å²) in [6.45, 7) is 3.37. The number of aliphatic carboxylic acids is 1. The maximum Gasteiger partial charge on any atom is 0.303 e. The van der Waals surface area contributed by atoms with Crippen molar-refractivity contribution in [3.63, 3.8) is 0 Å². The second-order valence-corrected chi connectivity index (χ2v) is 7.33. The molecule has 0 heterocycles. The second-order valence-electron chi connectivity index (χ2n) is 7.33. The second kappa shape index (κ2) is 9.67. The number of carboxylic acid groups (broad SMARTS) is 1. The van der Waals surface area contributed by atoms with E-state index < -0.39 is 17.7 Å². The minimum absolute atomic E-state index is 0.00203. The molecule has 6 heteroatoms. The Morgan fingerprint density at radius 1 is 1.36 bits per heavy atom. The van der Waals surface area contributed by atoms with Crippen LogP contribution in [0.5, 0.6) is 0 Å². The van der Waals surface area contributed by atoms with Crippen LogP contribution in [0.1, 0.15) is 51.9 Å². The zero-order chi connectivity index (χ0) is 18.3. The standard InChI is InChI=1S/C19H32O6/c1-2-9-24-13-16(20)8-7-14-5-6-15-11-17(12-19(14,15)23)25-10-3-4-18(21)22/h7-8,14-17,20,23H,2-6,9-13H2,1H3,(H,21,22)/t14-,15+,16?,17?,19+/m0/s1. The average Bonchev–Trinajstić information content (AvgIpc) is 3.03. The Hall–Kier alpha value is -0.950. The van der Waals surface area contributed by atoms with Gasteiger partial charge in [-0.25, -0.2) is 0 Å². The summed E-state index contributed by atoms with van der Waals surface area (Å²) in [6.07, 6.45) is 7.87. The monoisotopic (exact) mass is 356 g/mol. The normalized spacial score (nSPS) is 33.0. The third kappa shape index (κ3) is 5.78. The molecule has 0 aromatic carbocycles. The van der Waals surface area contributed by atoms with Gasteiger partial charge in [0.25, 0.3) is 0 Å². The van der Waals surface area contributed by atoms with E-state index in [4.69, 9.17) is 14.6 Å². The maximum absolute atomic E-state index is 11.1. The zero-order valence-electron chi connectivity index (χ0n) is 15.1. The van der Waals surface area contributed by atoms with Gasteiger partial charge in [0, 0.05) is 32.0 Å². The lowest BCUT2D eigenvalue weighted by atomic mass is 9.86. The number of fused-ring (bicyclic) bond motifs is 1. The molecule has 2 unspecified atom stereocenters. The predicted octanol–water partition coefficient (Wildman–Crippen LogP) is 2.13. The van der Waals surface area contributed by atoms with E-state index in [1.165, 1.54) is 0 Å². The van der Waals surface area contributed by atoms with Crippen LogP contribution < -0.4 is 0 Å². The number of ether oxygens (including phenoxy) is 2. The van der Waals surface area contributed by atoms with Gasteiger partial charge in [-0.15, -0.1) is 0 Å². The van der Waals surface area contributed by atoms with Crippen LogP contribution in [0.2, 0.25) is 0 Å². The van der Waals surface area contributed by atoms with Crippen molar-refractivity contribution < 1.29 is 29.6 Å². The molecule has 0 spiro atoms. The van der Waals surface area contributed by atoms with Gasteiger partial charge in [-0.1, -0.05) is 19.1 Å². The fourth-order valence-electron chi connectivity index (χ4n) is 4.12. The van der Waals surface area contributed by atoms with Gasteiger partial charge in [0.15, 0.2) is 0 Å². The predicted molar refractivity (Wildman–Crippen MR) is 93.3 cm³/mol. The third-order valence-electron chi connectivity index (χ3n) is 5.37. The molecule has 2 fully saturated rings. The minimum Gasteiger partial charge on any atom is -0.481 e. The SMILES string of the molecule is CCCOCC(O)C=C[C@@H]1CC[C@@H]2CC(OCCCC(=O)O)C[C@]21O. The molecule has 0 aromatic rings. The first kappa shape index (κ1) is 20.4. The van der Waals surface area contributed by atoms with Crippen LogP contribution in [0, 0.1) is 11.8 Å². The highest BCUT2D eigenvalue weighted by atomic mass is 16.5. The van der Waals surface area contributed by atoms with Crippen LogP contribution in [0.25, 0.3) is 0 Å². The van der Waals surface area contributed by atoms with E-state index in [1.54, 1.807) is 6.08 Å². The van der Waals surface area contributed by atoms with Crippen molar-refractivity contribution in [2.24, 2.45) is 11.8 Å². The number of hydrogen-bond acceptors (Lipinski definition) is 5. The fraction of sp³-hybridized carbons (Fsp3) is 0.842. The zero-order valence-corrected chi connectivity index (χ0v) is 15.1. The van der Waals surface area contributed by atoms with Gasteiger partial charge in [0.05, 0.1) is 24.4 Å². The summed E-state index contributed by atoms with van der Waals surface area (Å²) in [7, 11) is 0. The Balaban J connectivity index is 1.78. The molecule has 0 radical (unpaired) electrons. The van der Waals surface area contributed by atoms with Gasteiger partial charge in [0.1, 0.15) is 0 Å². The van der Waals surface area contributed by atoms with Crippen molar-refractivity contribution >= 4 is 5.97 Å². The number of aliphatic hydroxyl groups excluding tert-OH is 1. The lowest BCUT2D eigenvalue weighted by Crippen LogP contribution is -2.35. The molecular weight excluding hydrogens is 324 g/mol. The van der Waals surface area contributed by atoms with E-state index in [2.05, 4.69) is 0 Å². The van der Waals surface area contributed by atoms with Gasteiger partial charge < -0.3 is 24.8 Å². The van der Waals surface area contributed by atoms with Gasteiger partial charge >= 0.3 is 5.97 Å². The summed E-state index contributed by atoms with van der Waals surface area (Å²) in [4.78, 5) is 10.5. The van der Waals surface area contributed by atoms with Crippen LogP contribution in [-0.4, -0.2) is 58.9 Å². The summed E-state index contributed by atoms with van der Waals surface area (Å²) in [5.41, 5.74) is -0.766. The van der Waals surface area contributed by atoms with Crippen molar-refractivity contribution in [2.45, 2.75) is 69.7 Å². The van der Waals surface area contributed by atoms with E-state index in [9.17, 15) is 15.0 Å². The first-order valence-corrected chi connectivity index (χ1v) is 9.45. The number of aliphatic hydroxyl groups is 2. The molecule has 6 nitrogen and oxygen atoms in total. The molecule has 0 saturated heterocycles. The quantitative estimate of drug-likeness (QED) is 0.388. The number of carboxylic acids is 1. The van der Waals surface area contributed by atoms with Crippen molar-refractivity contribution in [3.05, 3.63) is 12.2 Å². The first-order chi connectivity index (χ1) is 12.0. The largest absolute Gasteiger partial charge is 0.481 e. The molecule has 5 atom stereocenters. The number of hydrogen-bond donors (Lipinski definition) is 3. The van der Waals surface area contributed by atoms with Gasteiger partial charge in [-0.05, 0) is 38.0 Å². The molecule has 2 saturated carbocycles. The highest BCUT2D eigenvalue weighted by Gasteiger charge is 2.54. The van der Waals surface area contributed by atoms with Gasteiger partial charge in [0.2, 0.25) is 0 Å².